The summed E-state index contributed by atoms with van der Waals surface area (Å²) in [6.07, 6.45) is 0. The van der Waals surface area contributed by atoms with Gasteiger partial charge < -0.3 is 10.1 Å². The molecule has 1 heterocycles. The normalized spacial score (nSPS) is 10.7. The molecule has 4 nitrogen and oxygen atoms in total. The van der Waals surface area contributed by atoms with Crippen molar-refractivity contribution in [3.63, 3.8) is 0 Å². The number of nitrogens with one attached hydrogen (secondary N) is 1. The molecule has 0 aromatic carbocycles. The van der Waals surface area contributed by atoms with Crippen LogP contribution in [0.25, 0.3) is 0 Å². The monoisotopic (exact) mass is 209 g/mol. The SMILES string of the molecule is CCOc1ccc(CNCC(C)C)nn1. The van der Waals surface area contributed by atoms with Crippen molar-refractivity contribution >= 4 is 0 Å². The molecular weight excluding hydrogens is 190 g/mol. The second-order valence-corrected chi connectivity index (χ2v) is 3.82. The van der Waals surface area contributed by atoms with Crippen molar-refractivity contribution in [3.05, 3.63) is 17.8 Å². The van der Waals surface area contributed by atoms with Crippen molar-refractivity contribution in [1.29, 1.82) is 0 Å². The van der Waals surface area contributed by atoms with E-state index in [1.54, 1.807) is 0 Å². The van der Waals surface area contributed by atoms with E-state index in [4.69, 9.17) is 4.74 Å². The highest BCUT2D eigenvalue weighted by Gasteiger charge is 1.98. The van der Waals surface area contributed by atoms with Gasteiger partial charge in [-0.05, 0) is 25.5 Å². The van der Waals surface area contributed by atoms with Gasteiger partial charge in [-0.3, -0.25) is 0 Å². The second-order valence-electron chi connectivity index (χ2n) is 3.82. The first-order chi connectivity index (χ1) is 7.22. The third kappa shape index (κ3) is 4.74. The lowest BCUT2D eigenvalue weighted by atomic mass is 10.2. The van der Waals surface area contributed by atoms with Gasteiger partial charge in [0.15, 0.2) is 0 Å². The molecule has 0 fully saturated rings. The number of ether oxygens (including phenoxy) is 1. The van der Waals surface area contributed by atoms with Crippen molar-refractivity contribution in [1.82, 2.24) is 15.5 Å². The van der Waals surface area contributed by atoms with Gasteiger partial charge in [0.1, 0.15) is 0 Å². The smallest absolute Gasteiger partial charge is 0.233 e. The van der Waals surface area contributed by atoms with Gasteiger partial charge in [-0.15, -0.1) is 5.10 Å². The molecule has 15 heavy (non-hydrogen) atoms. The first-order valence-corrected chi connectivity index (χ1v) is 5.38. The second kappa shape index (κ2) is 6.35. The van der Waals surface area contributed by atoms with Gasteiger partial charge in [0, 0.05) is 12.6 Å². The molecule has 0 aliphatic heterocycles. The quantitative estimate of drug-likeness (QED) is 0.773. The van der Waals surface area contributed by atoms with Gasteiger partial charge in [-0.1, -0.05) is 13.8 Å². The number of hydrogen-bond donors (Lipinski definition) is 1. The average molecular weight is 209 g/mol. The standard InChI is InChI=1S/C11H19N3O/c1-4-15-11-6-5-10(13-14-11)8-12-7-9(2)3/h5-6,9,12H,4,7-8H2,1-3H3. The summed E-state index contributed by atoms with van der Waals surface area (Å²) in [5, 5.41) is 11.3. The Morgan fingerprint density at radius 2 is 2.13 bits per heavy atom. The van der Waals surface area contributed by atoms with E-state index in [0.717, 1.165) is 18.8 Å². The fourth-order valence-corrected chi connectivity index (χ4v) is 1.16. The Labute approximate surface area is 91.1 Å². The molecule has 1 N–H and O–H groups in total. The largest absolute Gasteiger partial charge is 0.477 e. The Morgan fingerprint density at radius 1 is 1.33 bits per heavy atom. The van der Waals surface area contributed by atoms with Crippen LogP contribution in [-0.2, 0) is 6.54 Å². The third-order valence-electron chi connectivity index (χ3n) is 1.85. The highest BCUT2D eigenvalue weighted by Crippen LogP contribution is 2.04. The molecule has 1 aromatic heterocycles. The molecule has 1 rings (SSSR count). The molecule has 0 amide bonds. The first-order valence-electron chi connectivity index (χ1n) is 5.38. The zero-order chi connectivity index (χ0) is 11.1. The highest BCUT2D eigenvalue weighted by molar-refractivity contribution is 5.11. The molecule has 84 valence electrons. The summed E-state index contributed by atoms with van der Waals surface area (Å²) < 4.78 is 5.21. The maximum atomic E-state index is 5.21. The zero-order valence-corrected chi connectivity index (χ0v) is 9.66. The fourth-order valence-electron chi connectivity index (χ4n) is 1.16. The lowest BCUT2D eigenvalue weighted by molar-refractivity contribution is 0.322. The molecule has 0 aliphatic rings. The lowest BCUT2D eigenvalue weighted by Gasteiger charge is -2.06. The minimum Gasteiger partial charge on any atom is -0.477 e. The number of rotatable bonds is 6. The minimum atomic E-state index is 0.588. The van der Waals surface area contributed by atoms with Gasteiger partial charge in [-0.25, -0.2) is 0 Å². The molecule has 0 atom stereocenters. The van der Waals surface area contributed by atoms with Crippen LogP contribution < -0.4 is 10.1 Å². The van der Waals surface area contributed by atoms with Crippen LogP contribution in [0.1, 0.15) is 26.5 Å². The molecule has 0 saturated carbocycles. The number of hydrogen-bond acceptors (Lipinski definition) is 4. The molecule has 0 aliphatic carbocycles. The van der Waals surface area contributed by atoms with Crippen LogP contribution in [0.15, 0.2) is 12.1 Å². The average Bonchev–Trinajstić information content (AvgIpc) is 2.20. The fraction of sp³-hybridized carbons (Fsp3) is 0.636. The van der Waals surface area contributed by atoms with Gasteiger partial charge in [0.05, 0.1) is 12.3 Å². The Hall–Kier alpha value is -1.16. The summed E-state index contributed by atoms with van der Waals surface area (Å²) in [7, 11) is 0. The Morgan fingerprint density at radius 3 is 2.67 bits per heavy atom. The van der Waals surface area contributed by atoms with E-state index in [9.17, 15) is 0 Å². The van der Waals surface area contributed by atoms with E-state index >= 15 is 0 Å². The Bertz CT molecular complexity index is 272. The van der Waals surface area contributed by atoms with E-state index in [0.29, 0.717) is 18.4 Å². The predicted octanol–water partition coefficient (Wildman–Crippen LogP) is 1.62. The number of nitrogens with zero attached hydrogens (tertiary/aromatic N) is 2. The molecule has 1 aromatic rings. The molecule has 0 radical (unpaired) electrons. The molecule has 0 saturated heterocycles. The van der Waals surface area contributed by atoms with Gasteiger partial charge >= 0.3 is 0 Å². The highest BCUT2D eigenvalue weighted by atomic mass is 16.5. The number of aromatic nitrogens is 2. The lowest BCUT2D eigenvalue weighted by Crippen LogP contribution is -2.19. The van der Waals surface area contributed by atoms with Gasteiger partial charge in [-0.2, -0.15) is 5.10 Å². The van der Waals surface area contributed by atoms with Crippen LogP contribution in [-0.4, -0.2) is 23.3 Å². The Kier molecular flexibility index (Phi) is 5.04. The summed E-state index contributed by atoms with van der Waals surface area (Å²) in [6.45, 7) is 8.67. The molecule has 0 bridgehead atoms. The van der Waals surface area contributed by atoms with Crippen LogP contribution in [0.2, 0.25) is 0 Å². The minimum absolute atomic E-state index is 0.588. The van der Waals surface area contributed by atoms with Crippen LogP contribution in [0.4, 0.5) is 0 Å². The molecule has 0 unspecified atom stereocenters. The maximum Gasteiger partial charge on any atom is 0.233 e. The van der Waals surface area contributed by atoms with Crippen LogP contribution >= 0.6 is 0 Å². The predicted molar refractivity (Wildman–Crippen MR) is 59.7 cm³/mol. The van der Waals surface area contributed by atoms with Crippen molar-refractivity contribution in [2.75, 3.05) is 13.2 Å². The molecule has 4 heteroatoms. The molecular formula is C11H19N3O. The first kappa shape index (κ1) is 11.9. The molecule has 0 spiro atoms. The summed E-state index contributed by atoms with van der Waals surface area (Å²) in [5.41, 5.74) is 0.944. The topological polar surface area (TPSA) is 47.0 Å². The summed E-state index contributed by atoms with van der Waals surface area (Å²) >= 11 is 0. The maximum absolute atomic E-state index is 5.21. The van der Waals surface area contributed by atoms with Crippen LogP contribution in [0.5, 0.6) is 5.88 Å². The van der Waals surface area contributed by atoms with Crippen molar-refractivity contribution in [3.8, 4) is 5.88 Å². The van der Waals surface area contributed by atoms with E-state index in [1.165, 1.54) is 0 Å². The summed E-state index contributed by atoms with van der Waals surface area (Å²) in [5.74, 6) is 1.24. The van der Waals surface area contributed by atoms with Crippen molar-refractivity contribution < 1.29 is 4.74 Å². The van der Waals surface area contributed by atoms with Gasteiger partial charge in [0.2, 0.25) is 5.88 Å². The van der Waals surface area contributed by atoms with Crippen LogP contribution in [0.3, 0.4) is 0 Å². The van der Waals surface area contributed by atoms with E-state index in [2.05, 4.69) is 29.4 Å². The van der Waals surface area contributed by atoms with E-state index in [-0.39, 0.29) is 0 Å². The zero-order valence-electron chi connectivity index (χ0n) is 9.66. The Balaban J connectivity index is 2.36. The van der Waals surface area contributed by atoms with Crippen molar-refractivity contribution in [2.24, 2.45) is 5.92 Å². The van der Waals surface area contributed by atoms with E-state index < -0.39 is 0 Å². The van der Waals surface area contributed by atoms with E-state index in [1.807, 2.05) is 19.1 Å². The third-order valence-corrected chi connectivity index (χ3v) is 1.85. The van der Waals surface area contributed by atoms with Gasteiger partial charge in [0.25, 0.3) is 0 Å². The van der Waals surface area contributed by atoms with Crippen molar-refractivity contribution in [2.45, 2.75) is 27.3 Å². The summed E-state index contributed by atoms with van der Waals surface area (Å²) in [6, 6.07) is 3.79. The summed E-state index contributed by atoms with van der Waals surface area (Å²) in [4.78, 5) is 0. The van der Waals surface area contributed by atoms with Crippen LogP contribution in [0, 0.1) is 5.92 Å².